The number of rotatable bonds is 6. The summed E-state index contributed by atoms with van der Waals surface area (Å²) in [6.07, 6.45) is 4.73. The van der Waals surface area contributed by atoms with Crippen LogP contribution in [-0.2, 0) is 6.54 Å². The van der Waals surface area contributed by atoms with E-state index in [1.807, 2.05) is 6.20 Å². The third-order valence-electron chi connectivity index (χ3n) is 4.24. The summed E-state index contributed by atoms with van der Waals surface area (Å²) in [5.41, 5.74) is 1.25. The van der Waals surface area contributed by atoms with Crippen molar-refractivity contribution in [2.75, 3.05) is 0 Å². The van der Waals surface area contributed by atoms with Crippen LogP contribution in [0.25, 0.3) is 10.8 Å². The van der Waals surface area contributed by atoms with E-state index < -0.39 is 0 Å². The highest BCUT2D eigenvalue weighted by Gasteiger charge is 2.21. The summed E-state index contributed by atoms with van der Waals surface area (Å²) in [6, 6.07) is 9.10. The molecule has 3 heteroatoms. The van der Waals surface area contributed by atoms with Crippen molar-refractivity contribution < 1.29 is 4.74 Å². The number of aromatic nitrogens is 1. The predicted molar refractivity (Wildman–Crippen MR) is 86.5 cm³/mol. The van der Waals surface area contributed by atoms with Gasteiger partial charge in [-0.05, 0) is 42.7 Å². The van der Waals surface area contributed by atoms with Crippen molar-refractivity contribution in [3.63, 3.8) is 0 Å². The largest absolute Gasteiger partial charge is 0.474 e. The van der Waals surface area contributed by atoms with Crippen LogP contribution >= 0.6 is 0 Å². The Morgan fingerprint density at radius 2 is 1.90 bits per heavy atom. The minimum atomic E-state index is 0.163. The van der Waals surface area contributed by atoms with E-state index in [1.54, 1.807) is 0 Å². The molecule has 1 saturated carbocycles. The van der Waals surface area contributed by atoms with E-state index in [4.69, 9.17) is 4.74 Å². The average molecular weight is 284 g/mol. The molecule has 0 spiro atoms. The Labute approximate surface area is 126 Å². The van der Waals surface area contributed by atoms with Crippen molar-refractivity contribution in [2.45, 2.75) is 52.3 Å². The van der Waals surface area contributed by atoms with Crippen LogP contribution < -0.4 is 10.1 Å². The summed E-state index contributed by atoms with van der Waals surface area (Å²) < 4.78 is 6.05. The van der Waals surface area contributed by atoms with Crippen molar-refractivity contribution in [2.24, 2.45) is 5.92 Å². The molecule has 1 heterocycles. The Morgan fingerprint density at radius 1 is 1.19 bits per heavy atom. The molecule has 1 atom stereocenters. The van der Waals surface area contributed by atoms with Crippen LogP contribution in [0.2, 0.25) is 0 Å². The molecule has 1 aromatic carbocycles. The molecular weight excluding hydrogens is 260 g/mol. The van der Waals surface area contributed by atoms with Crippen LogP contribution in [0.1, 0.15) is 39.2 Å². The molecule has 3 nitrogen and oxygen atoms in total. The van der Waals surface area contributed by atoms with Crippen molar-refractivity contribution in [1.82, 2.24) is 10.3 Å². The summed E-state index contributed by atoms with van der Waals surface area (Å²) in [5.74, 6) is 1.23. The first-order chi connectivity index (χ1) is 10.1. The molecule has 1 fully saturated rings. The van der Waals surface area contributed by atoms with Gasteiger partial charge >= 0.3 is 0 Å². The number of benzene rings is 1. The predicted octanol–water partition coefficient (Wildman–Crippen LogP) is 3.91. The summed E-state index contributed by atoms with van der Waals surface area (Å²) >= 11 is 0. The molecule has 1 aromatic heterocycles. The second-order valence-electron chi connectivity index (χ2n) is 6.36. The number of ether oxygens (including phenoxy) is 1. The molecule has 112 valence electrons. The lowest BCUT2D eigenvalue weighted by molar-refractivity contribution is 0.166. The zero-order valence-electron chi connectivity index (χ0n) is 13.1. The normalized spacial score (nSPS) is 16.4. The van der Waals surface area contributed by atoms with Gasteiger partial charge in [-0.25, -0.2) is 4.98 Å². The lowest BCUT2D eigenvalue weighted by atomic mass is 10.1. The fourth-order valence-electron chi connectivity index (χ4n) is 2.31. The molecule has 0 aliphatic heterocycles. The van der Waals surface area contributed by atoms with Gasteiger partial charge in [0.15, 0.2) is 0 Å². The topological polar surface area (TPSA) is 34.1 Å². The maximum atomic E-state index is 6.05. The fourth-order valence-corrected chi connectivity index (χ4v) is 2.31. The van der Waals surface area contributed by atoms with Gasteiger partial charge in [0.2, 0.25) is 5.88 Å². The summed E-state index contributed by atoms with van der Waals surface area (Å²) in [7, 11) is 0. The number of hydrogen-bond donors (Lipinski definition) is 1. The molecule has 0 radical (unpaired) electrons. The molecule has 1 aliphatic rings. The molecule has 0 bridgehead atoms. The van der Waals surface area contributed by atoms with E-state index in [2.05, 4.69) is 55.3 Å². The molecule has 2 aromatic rings. The highest BCUT2D eigenvalue weighted by atomic mass is 16.5. The van der Waals surface area contributed by atoms with Gasteiger partial charge < -0.3 is 10.1 Å². The van der Waals surface area contributed by atoms with Gasteiger partial charge in [0.25, 0.3) is 0 Å². The maximum Gasteiger partial charge on any atom is 0.221 e. The summed E-state index contributed by atoms with van der Waals surface area (Å²) in [4.78, 5) is 4.57. The van der Waals surface area contributed by atoms with E-state index in [9.17, 15) is 0 Å². The third-order valence-corrected chi connectivity index (χ3v) is 4.24. The van der Waals surface area contributed by atoms with Crippen molar-refractivity contribution >= 4 is 10.8 Å². The Hall–Kier alpha value is -1.61. The van der Waals surface area contributed by atoms with E-state index in [-0.39, 0.29) is 6.10 Å². The van der Waals surface area contributed by atoms with Gasteiger partial charge in [0.05, 0.1) is 6.10 Å². The van der Waals surface area contributed by atoms with Crippen LogP contribution in [0.15, 0.2) is 30.5 Å². The van der Waals surface area contributed by atoms with Crippen LogP contribution in [0.4, 0.5) is 0 Å². The first-order valence-electron chi connectivity index (χ1n) is 7.92. The second kappa shape index (κ2) is 6.02. The van der Waals surface area contributed by atoms with Gasteiger partial charge in [0, 0.05) is 24.2 Å². The van der Waals surface area contributed by atoms with E-state index >= 15 is 0 Å². The second-order valence-corrected chi connectivity index (χ2v) is 6.36. The minimum Gasteiger partial charge on any atom is -0.474 e. The van der Waals surface area contributed by atoms with Gasteiger partial charge in [-0.15, -0.1) is 0 Å². The third kappa shape index (κ3) is 3.35. The number of hydrogen-bond acceptors (Lipinski definition) is 3. The molecule has 1 unspecified atom stereocenters. The average Bonchev–Trinajstić information content (AvgIpc) is 3.30. The molecule has 1 N–H and O–H groups in total. The summed E-state index contributed by atoms with van der Waals surface area (Å²) in [5, 5.41) is 5.92. The number of nitrogens with zero attached hydrogens (tertiary/aromatic N) is 1. The highest BCUT2D eigenvalue weighted by Crippen LogP contribution is 2.28. The lowest BCUT2D eigenvalue weighted by Crippen LogP contribution is -2.20. The van der Waals surface area contributed by atoms with Crippen LogP contribution in [0.3, 0.4) is 0 Å². The fraction of sp³-hybridized carbons (Fsp3) is 0.500. The first kappa shape index (κ1) is 14.3. The van der Waals surface area contributed by atoms with E-state index in [0.29, 0.717) is 12.0 Å². The standard InChI is InChI=1S/C18H24N2O/c1-12(2)13(3)21-18-17-7-5-4-6-16(17)14(11-20-18)10-19-15-8-9-15/h4-7,11-13,15,19H,8-10H2,1-3H3. The van der Waals surface area contributed by atoms with Gasteiger partial charge in [0.1, 0.15) is 0 Å². The van der Waals surface area contributed by atoms with Crippen LogP contribution in [0.5, 0.6) is 5.88 Å². The molecular formula is C18H24N2O. The van der Waals surface area contributed by atoms with Crippen LogP contribution in [-0.4, -0.2) is 17.1 Å². The monoisotopic (exact) mass is 284 g/mol. The quantitative estimate of drug-likeness (QED) is 0.873. The van der Waals surface area contributed by atoms with E-state index in [1.165, 1.54) is 23.8 Å². The van der Waals surface area contributed by atoms with Crippen molar-refractivity contribution in [3.8, 4) is 5.88 Å². The molecule has 0 amide bonds. The molecule has 21 heavy (non-hydrogen) atoms. The van der Waals surface area contributed by atoms with Gasteiger partial charge in [-0.1, -0.05) is 32.0 Å². The molecule has 1 aliphatic carbocycles. The lowest BCUT2D eigenvalue weighted by Gasteiger charge is -2.19. The number of nitrogens with one attached hydrogen (secondary N) is 1. The zero-order chi connectivity index (χ0) is 14.8. The smallest absolute Gasteiger partial charge is 0.221 e. The number of fused-ring (bicyclic) bond motifs is 1. The Kier molecular flexibility index (Phi) is 4.11. The molecule has 3 rings (SSSR count). The van der Waals surface area contributed by atoms with Gasteiger partial charge in [-0.3, -0.25) is 0 Å². The number of pyridine rings is 1. The van der Waals surface area contributed by atoms with Gasteiger partial charge in [-0.2, -0.15) is 0 Å². The minimum absolute atomic E-state index is 0.163. The highest BCUT2D eigenvalue weighted by molar-refractivity contribution is 5.89. The Bertz CT molecular complexity index is 620. The SMILES string of the molecule is CC(C)C(C)Oc1ncc(CNC2CC2)c2ccccc12. The zero-order valence-corrected chi connectivity index (χ0v) is 13.1. The molecule has 0 saturated heterocycles. The van der Waals surface area contributed by atoms with Crippen molar-refractivity contribution in [1.29, 1.82) is 0 Å². The maximum absolute atomic E-state index is 6.05. The van der Waals surface area contributed by atoms with E-state index in [0.717, 1.165) is 17.8 Å². The summed E-state index contributed by atoms with van der Waals surface area (Å²) in [6.45, 7) is 7.32. The first-order valence-corrected chi connectivity index (χ1v) is 7.92. The van der Waals surface area contributed by atoms with Crippen molar-refractivity contribution in [3.05, 3.63) is 36.0 Å². The Balaban J connectivity index is 1.89. The Morgan fingerprint density at radius 3 is 2.57 bits per heavy atom. The van der Waals surface area contributed by atoms with Crippen LogP contribution in [0, 0.1) is 5.92 Å².